The van der Waals surface area contributed by atoms with Crippen LogP contribution in [0.5, 0.6) is 0 Å². The second kappa shape index (κ2) is 6.57. The van der Waals surface area contributed by atoms with Gasteiger partial charge in [0.05, 0.1) is 0 Å². The number of hydrogen-bond donors (Lipinski definition) is 0. The van der Waals surface area contributed by atoms with E-state index in [0.29, 0.717) is 0 Å². The summed E-state index contributed by atoms with van der Waals surface area (Å²) in [5, 5.41) is 1.11. The van der Waals surface area contributed by atoms with E-state index in [2.05, 4.69) is 34.6 Å². The molecule has 0 N–H and O–H groups in total. The molecule has 1 aromatic carbocycles. The maximum absolute atomic E-state index is 12.3. The second-order valence-corrected chi connectivity index (χ2v) is 8.53. The van der Waals surface area contributed by atoms with Crippen LogP contribution < -0.4 is 22.4 Å². The van der Waals surface area contributed by atoms with Crippen LogP contribution in [-0.4, -0.2) is 31.4 Å². The van der Waals surface area contributed by atoms with Gasteiger partial charge in [0.25, 0.3) is 0 Å². The molecular formula is C13H21ClMgOSi. The third kappa shape index (κ3) is 3.71. The first-order valence-electron chi connectivity index (χ1n) is 5.45. The number of hydrogen-bond acceptors (Lipinski definition) is 1. The summed E-state index contributed by atoms with van der Waals surface area (Å²) < 4.78 is 0. The van der Waals surface area contributed by atoms with Crippen molar-refractivity contribution < 1.29 is 17.2 Å². The molecule has 0 aliphatic rings. The zero-order chi connectivity index (χ0) is 12.0. The van der Waals surface area contributed by atoms with E-state index in [0.717, 1.165) is 5.19 Å². The van der Waals surface area contributed by atoms with E-state index in [4.69, 9.17) is 0 Å². The number of benzene rings is 1. The minimum absolute atomic E-state index is 0. The zero-order valence-electron chi connectivity index (χ0n) is 12.0. The van der Waals surface area contributed by atoms with Crippen LogP contribution in [0.1, 0.15) is 27.8 Å². The van der Waals surface area contributed by atoms with Crippen LogP contribution >= 0.6 is 0 Å². The summed E-state index contributed by atoms with van der Waals surface area (Å²) in [5.74, 6) is 0. The molecule has 4 heteroatoms. The smallest absolute Gasteiger partial charge is 1.00 e. The Bertz CT molecular complexity index is 382. The Morgan fingerprint density at radius 2 is 0.941 bits per heavy atom. The van der Waals surface area contributed by atoms with Crippen molar-refractivity contribution in [1.29, 1.82) is 0 Å². The van der Waals surface area contributed by atoms with Gasteiger partial charge >= 0.3 is 23.1 Å². The molecule has 0 saturated carbocycles. The summed E-state index contributed by atoms with van der Waals surface area (Å²) >= 11 is 0. The fraction of sp³-hybridized carbons (Fsp3) is 0.538. The first kappa shape index (κ1) is 19.8. The largest absolute Gasteiger partial charge is 2.00 e. The van der Waals surface area contributed by atoms with Crippen molar-refractivity contribution >= 4 is 36.6 Å². The van der Waals surface area contributed by atoms with Crippen LogP contribution in [0.15, 0.2) is 0 Å². The van der Waals surface area contributed by atoms with Gasteiger partial charge in [-0.25, -0.2) is 0 Å². The predicted octanol–water partition coefficient (Wildman–Crippen LogP) is -1.38. The molecule has 0 spiro atoms. The normalized spacial score (nSPS) is 10.6. The summed E-state index contributed by atoms with van der Waals surface area (Å²) in [6.45, 7) is 14.4. The van der Waals surface area contributed by atoms with E-state index in [-0.39, 0.29) is 35.5 Å². The molecule has 0 aliphatic carbocycles. The quantitative estimate of drug-likeness (QED) is 0.582. The molecule has 0 radical (unpaired) electrons. The van der Waals surface area contributed by atoms with Crippen molar-refractivity contribution in [2.24, 2.45) is 0 Å². The Morgan fingerprint density at radius 3 is 1.18 bits per heavy atom. The fourth-order valence-corrected chi connectivity index (χ4v) is 4.58. The summed E-state index contributed by atoms with van der Waals surface area (Å²) in [7, 11) is -2.46. The van der Waals surface area contributed by atoms with Gasteiger partial charge in [-0.2, -0.15) is 0 Å². The van der Waals surface area contributed by atoms with Gasteiger partial charge in [-0.05, 0) is 70.8 Å². The van der Waals surface area contributed by atoms with Gasteiger partial charge in [0.2, 0.25) is 0 Å². The average Bonchev–Trinajstić information content (AvgIpc) is 2.09. The van der Waals surface area contributed by atoms with E-state index in [1.54, 1.807) is 0 Å². The van der Waals surface area contributed by atoms with Crippen LogP contribution in [0.4, 0.5) is 0 Å². The topological polar surface area (TPSA) is 23.1 Å². The number of halogens is 1. The zero-order valence-corrected chi connectivity index (χ0v) is 15.2. The van der Waals surface area contributed by atoms with Crippen LogP contribution in [0, 0.1) is 34.6 Å². The standard InChI is InChI=1S/C13H21OSi.ClH.Mg/c1-8-9(2)11(4)13(15(6,7)14)12(5)10(8)3;;/h1-7H3;1H;/q-1;;+2/p-1. The Kier molecular flexibility index (Phi) is 7.65. The summed E-state index contributed by atoms with van der Waals surface area (Å²) in [6.07, 6.45) is 0. The van der Waals surface area contributed by atoms with Gasteiger partial charge in [0.1, 0.15) is 0 Å². The van der Waals surface area contributed by atoms with Crippen molar-refractivity contribution in [3.8, 4) is 0 Å². The van der Waals surface area contributed by atoms with E-state index in [1.165, 1.54) is 27.8 Å². The third-order valence-corrected chi connectivity index (χ3v) is 5.56. The summed E-state index contributed by atoms with van der Waals surface area (Å²) in [4.78, 5) is 12.3. The molecule has 0 amide bonds. The SMILES string of the molecule is Cc1c(C)c(C)c([Si](C)(C)[O-])c(C)c1C.[Cl-].[Mg+2]. The second-order valence-electron chi connectivity index (χ2n) is 5.01. The summed E-state index contributed by atoms with van der Waals surface area (Å²) in [5.41, 5.74) is 6.38. The van der Waals surface area contributed by atoms with Crippen molar-refractivity contribution in [3.63, 3.8) is 0 Å². The first-order valence-corrected chi connectivity index (χ1v) is 8.36. The molecule has 0 bridgehead atoms. The molecule has 1 rings (SSSR count). The first-order chi connectivity index (χ1) is 6.68. The van der Waals surface area contributed by atoms with Crippen molar-refractivity contribution in [1.82, 2.24) is 0 Å². The Labute approximate surface area is 129 Å². The van der Waals surface area contributed by atoms with Gasteiger partial charge in [-0.1, -0.05) is 18.3 Å². The predicted molar refractivity (Wildman–Crippen MR) is 73.0 cm³/mol. The van der Waals surface area contributed by atoms with Crippen LogP contribution in [0.2, 0.25) is 13.1 Å². The minimum Gasteiger partial charge on any atom is -1.00 e. The molecule has 0 fully saturated rings. The molecule has 0 heterocycles. The van der Waals surface area contributed by atoms with Gasteiger partial charge < -0.3 is 17.2 Å². The molecule has 1 nitrogen and oxygen atoms in total. The van der Waals surface area contributed by atoms with Crippen LogP contribution in [0.3, 0.4) is 0 Å². The Morgan fingerprint density at radius 1 is 0.706 bits per heavy atom. The summed E-state index contributed by atoms with van der Waals surface area (Å²) in [6, 6.07) is 0. The molecule has 0 aromatic heterocycles. The number of rotatable bonds is 1. The molecule has 17 heavy (non-hydrogen) atoms. The van der Waals surface area contributed by atoms with Crippen molar-refractivity contribution in [3.05, 3.63) is 27.8 Å². The fourth-order valence-electron chi connectivity index (χ4n) is 2.40. The van der Waals surface area contributed by atoms with E-state index >= 15 is 0 Å². The molecule has 0 unspecified atom stereocenters. The molecule has 0 aliphatic heterocycles. The van der Waals surface area contributed by atoms with E-state index in [1.807, 2.05) is 13.1 Å². The molecule has 92 valence electrons. The molecule has 1 aromatic rings. The Balaban J connectivity index is 0. The maximum atomic E-state index is 12.3. The molecule has 0 atom stereocenters. The van der Waals surface area contributed by atoms with Gasteiger partial charge in [0, 0.05) is 0 Å². The average molecular weight is 281 g/mol. The minimum atomic E-state index is -2.46. The van der Waals surface area contributed by atoms with Crippen LogP contribution in [-0.2, 0) is 0 Å². The van der Waals surface area contributed by atoms with Crippen molar-refractivity contribution in [2.45, 2.75) is 47.7 Å². The van der Waals surface area contributed by atoms with Gasteiger partial charge in [-0.15, -0.1) is 0 Å². The monoisotopic (exact) mass is 280 g/mol. The van der Waals surface area contributed by atoms with Gasteiger partial charge in [0.15, 0.2) is 0 Å². The maximum Gasteiger partial charge on any atom is 2.00 e. The van der Waals surface area contributed by atoms with E-state index < -0.39 is 8.32 Å². The third-order valence-electron chi connectivity index (χ3n) is 3.60. The molecular weight excluding hydrogens is 260 g/mol. The van der Waals surface area contributed by atoms with Crippen molar-refractivity contribution in [2.75, 3.05) is 0 Å². The van der Waals surface area contributed by atoms with Gasteiger partial charge in [-0.3, -0.25) is 0 Å². The van der Waals surface area contributed by atoms with Crippen LogP contribution in [0.25, 0.3) is 0 Å². The Hall–Kier alpha value is 0.453. The van der Waals surface area contributed by atoms with E-state index in [9.17, 15) is 4.80 Å². The molecule has 0 saturated heterocycles.